The number of hydrogen-bond donors (Lipinski definition) is 0. The summed E-state index contributed by atoms with van der Waals surface area (Å²) >= 11 is 1.81. The van der Waals surface area contributed by atoms with Crippen molar-refractivity contribution in [1.82, 2.24) is 9.80 Å². The van der Waals surface area contributed by atoms with Crippen LogP contribution < -0.4 is 0 Å². The molecule has 1 aromatic heterocycles. The molecule has 0 saturated carbocycles. The van der Waals surface area contributed by atoms with E-state index in [9.17, 15) is 4.79 Å². The van der Waals surface area contributed by atoms with Crippen LogP contribution in [0.15, 0.2) is 11.4 Å². The van der Waals surface area contributed by atoms with Crippen LogP contribution in [0.5, 0.6) is 0 Å². The van der Waals surface area contributed by atoms with E-state index in [1.165, 1.54) is 10.4 Å². The van der Waals surface area contributed by atoms with Gasteiger partial charge in [-0.25, -0.2) is 0 Å². The first-order valence-corrected chi connectivity index (χ1v) is 7.77. The zero-order valence-corrected chi connectivity index (χ0v) is 12.1. The fourth-order valence-electron chi connectivity index (χ4n) is 2.79. The van der Waals surface area contributed by atoms with Crippen LogP contribution in [-0.4, -0.2) is 54.6 Å². The first-order valence-electron chi connectivity index (χ1n) is 6.89. The Kier molecular flexibility index (Phi) is 3.86. The summed E-state index contributed by atoms with van der Waals surface area (Å²) < 4.78 is 5.51. The van der Waals surface area contributed by atoms with Crippen LogP contribution in [0.2, 0.25) is 0 Å². The van der Waals surface area contributed by atoms with Crippen molar-refractivity contribution in [3.63, 3.8) is 0 Å². The molecule has 0 aromatic carbocycles. The zero-order chi connectivity index (χ0) is 13.2. The Bertz CT molecular complexity index is 460. The molecule has 1 fully saturated rings. The maximum absolute atomic E-state index is 12.4. The molecule has 0 bridgehead atoms. The van der Waals surface area contributed by atoms with E-state index in [-0.39, 0.29) is 12.0 Å². The van der Waals surface area contributed by atoms with E-state index in [1.54, 1.807) is 0 Å². The van der Waals surface area contributed by atoms with Gasteiger partial charge in [-0.2, -0.15) is 0 Å². The van der Waals surface area contributed by atoms with Gasteiger partial charge in [0, 0.05) is 31.1 Å². The van der Waals surface area contributed by atoms with Gasteiger partial charge in [-0.15, -0.1) is 11.3 Å². The lowest BCUT2D eigenvalue weighted by Gasteiger charge is -2.33. The summed E-state index contributed by atoms with van der Waals surface area (Å²) in [6.45, 7) is 6.73. The van der Waals surface area contributed by atoms with Crippen molar-refractivity contribution < 1.29 is 9.53 Å². The molecular weight excluding hydrogens is 260 g/mol. The molecule has 0 aliphatic carbocycles. The Hall–Kier alpha value is -0.910. The van der Waals surface area contributed by atoms with Crippen molar-refractivity contribution >= 4 is 17.2 Å². The number of rotatable bonds is 2. The predicted molar refractivity (Wildman–Crippen MR) is 75.3 cm³/mol. The smallest absolute Gasteiger partial charge is 0.237 e. The SMILES string of the molecule is C[C@H]1CN(CC(=O)N2CCc3sccc3C2)CCO1. The van der Waals surface area contributed by atoms with E-state index in [2.05, 4.69) is 23.3 Å². The van der Waals surface area contributed by atoms with Gasteiger partial charge in [0.05, 0.1) is 19.3 Å². The van der Waals surface area contributed by atoms with Crippen LogP contribution in [0.3, 0.4) is 0 Å². The van der Waals surface area contributed by atoms with E-state index in [0.29, 0.717) is 6.54 Å². The molecule has 2 aliphatic heterocycles. The van der Waals surface area contributed by atoms with E-state index < -0.39 is 0 Å². The summed E-state index contributed by atoms with van der Waals surface area (Å²) in [7, 11) is 0. The highest BCUT2D eigenvalue weighted by molar-refractivity contribution is 7.10. The summed E-state index contributed by atoms with van der Waals surface area (Å²) in [6.07, 6.45) is 1.25. The quantitative estimate of drug-likeness (QED) is 0.820. The molecule has 1 amide bonds. The molecule has 0 radical (unpaired) electrons. The van der Waals surface area contributed by atoms with E-state index in [0.717, 1.165) is 39.2 Å². The van der Waals surface area contributed by atoms with Gasteiger partial charge in [0.1, 0.15) is 0 Å². The molecular formula is C14H20N2O2S. The van der Waals surface area contributed by atoms with Crippen LogP contribution in [-0.2, 0) is 22.5 Å². The minimum absolute atomic E-state index is 0.242. The van der Waals surface area contributed by atoms with Gasteiger partial charge in [0.25, 0.3) is 0 Å². The van der Waals surface area contributed by atoms with Gasteiger partial charge in [-0.05, 0) is 30.4 Å². The Balaban J connectivity index is 1.56. The zero-order valence-electron chi connectivity index (χ0n) is 11.3. The third-order valence-electron chi connectivity index (χ3n) is 3.84. The Labute approximate surface area is 118 Å². The van der Waals surface area contributed by atoms with Gasteiger partial charge in [-0.3, -0.25) is 9.69 Å². The van der Waals surface area contributed by atoms with Crippen molar-refractivity contribution in [3.05, 3.63) is 21.9 Å². The molecule has 0 unspecified atom stereocenters. The average molecular weight is 280 g/mol. The first kappa shape index (κ1) is 13.1. The van der Waals surface area contributed by atoms with Crippen molar-refractivity contribution in [2.24, 2.45) is 0 Å². The third-order valence-corrected chi connectivity index (χ3v) is 4.87. The Morgan fingerprint density at radius 1 is 1.53 bits per heavy atom. The van der Waals surface area contributed by atoms with Gasteiger partial charge < -0.3 is 9.64 Å². The van der Waals surface area contributed by atoms with Crippen LogP contribution in [0.4, 0.5) is 0 Å². The number of thiophene rings is 1. The fourth-order valence-corrected chi connectivity index (χ4v) is 3.68. The Morgan fingerprint density at radius 3 is 3.26 bits per heavy atom. The lowest BCUT2D eigenvalue weighted by molar-refractivity contribution is -0.135. The number of nitrogens with zero attached hydrogens (tertiary/aromatic N) is 2. The number of amides is 1. The number of carbonyl (C=O) groups excluding carboxylic acids is 1. The highest BCUT2D eigenvalue weighted by Crippen LogP contribution is 2.24. The molecule has 4 nitrogen and oxygen atoms in total. The second kappa shape index (κ2) is 5.61. The molecule has 104 valence electrons. The summed E-state index contributed by atoms with van der Waals surface area (Å²) in [5.41, 5.74) is 1.33. The maximum atomic E-state index is 12.4. The van der Waals surface area contributed by atoms with Crippen LogP contribution >= 0.6 is 11.3 Å². The molecule has 3 rings (SSSR count). The maximum Gasteiger partial charge on any atom is 0.237 e. The molecule has 3 heterocycles. The molecule has 0 N–H and O–H groups in total. The molecule has 2 aliphatic rings. The van der Waals surface area contributed by atoms with Crippen molar-refractivity contribution in [2.75, 3.05) is 32.8 Å². The number of ether oxygens (including phenoxy) is 1. The predicted octanol–water partition coefficient (Wildman–Crippen LogP) is 1.35. The van der Waals surface area contributed by atoms with Gasteiger partial charge >= 0.3 is 0 Å². The normalized spacial score (nSPS) is 24.3. The molecule has 1 atom stereocenters. The van der Waals surface area contributed by atoms with Crippen molar-refractivity contribution in [3.8, 4) is 0 Å². The van der Waals surface area contributed by atoms with Gasteiger partial charge in [0.2, 0.25) is 5.91 Å². The fraction of sp³-hybridized carbons (Fsp3) is 0.643. The van der Waals surface area contributed by atoms with E-state index in [1.807, 2.05) is 16.2 Å². The molecule has 5 heteroatoms. The van der Waals surface area contributed by atoms with Crippen LogP contribution in [0.1, 0.15) is 17.4 Å². The number of morpholine rings is 1. The van der Waals surface area contributed by atoms with Gasteiger partial charge in [0.15, 0.2) is 0 Å². The largest absolute Gasteiger partial charge is 0.376 e. The van der Waals surface area contributed by atoms with Crippen LogP contribution in [0.25, 0.3) is 0 Å². The second-order valence-electron chi connectivity index (χ2n) is 5.35. The first-order chi connectivity index (χ1) is 9.22. The lowest BCUT2D eigenvalue weighted by atomic mass is 10.1. The van der Waals surface area contributed by atoms with Crippen LogP contribution in [0, 0.1) is 0 Å². The summed E-state index contributed by atoms with van der Waals surface area (Å²) in [5.74, 6) is 0.256. The highest BCUT2D eigenvalue weighted by Gasteiger charge is 2.25. The molecule has 1 saturated heterocycles. The highest BCUT2D eigenvalue weighted by atomic mass is 32.1. The number of hydrogen-bond acceptors (Lipinski definition) is 4. The summed E-state index contributed by atoms with van der Waals surface area (Å²) in [6, 6.07) is 2.15. The monoisotopic (exact) mass is 280 g/mol. The lowest BCUT2D eigenvalue weighted by Crippen LogP contribution is -2.47. The molecule has 19 heavy (non-hydrogen) atoms. The van der Waals surface area contributed by atoms with E-state index >= 15 is 0 Å². The summed E-state index contributed by atoms with van der Waals surface area (Å²) in [4.78, 5) is 18.0. The topological polar surface area (TPSA) is 32.8 Å². The van der Waals surface area contributed by atoms with Crippen molar-refractivity contribution in [2.45, 2.75) is 26.0 Å². The van der Waals surface area contributed by atoms with Gasteiger partial charge in [-0.1, -0.05) is 0 Å². The second-order valence-corrected chi connectivity index (χ2v) is 6.35. The number of fused-ring (bicyclic) bond motifs is 1. The minimum Gasteiger partial charge on any atom is -0.376 e. The minimum atomic E-state index is 0.242. The Morgan fingerprint density at radius 2 is 2.42 bits per heavy atom. The number of carbonyl (C=O) groups is 1. The molecule has 0 spiro atoms. The average Bonchev–Trinajstić information content (AvgIpc) is 2.85. The standard InChI is InChI=1S/C14H20N2O2S/c1-11-8-15(5-6-18-11)10-14(17)16-4-2-13-12(9-16)3-7-19-13/h3,7,11H,2,4-6,8-10H2,1H3/t11-/m0/s1. The summed E-state index contributed by atoms with van der Waals surface area (Å²) in [5, 5.41) is 2.13. The third kappa shape index (κ3) is 2.99. The van der Waals surface area contributed by atoms with E-state index in [4.69, 9.17) is 4.74 Å². The van der Waals surface area contributed by atoms with Crippen molar-refractivity contribution in [1.29, 1.82) is 0 Å². The molecule has 1 aromatic rings.